The Bertz CT molecular complexity index is 233. The van der Waals surface area contributed by atoms with Crippen LogP contribution in [-0.4, -0.2) is 39.4 Å². The van der Waals surface area contributed by atoms with Crippen LogP contribution < -0.4 is 5.32 Å². The predicted octanol–water partition coefficient (Wildman–Crippen LogP) is 1.59. The van der Waals surface area contributed by atoms with Gasteiger partial charge in [-0.05, 0) is 24.7 Å². The van der Waals surface area contributed by atoms with E-state index < -0.39 is 0 Å². The van der Waals surface area contributed by atoms with Crippen LogP contribution in [-0.2, 0) is 14.3 Å². The molecule has 0 spiro atoms. The normalized spacial score (nSPS) is 26.5. The zero-order valence-corrected chi connectivity index (χ0v) is 11.2. The van der Waals surface area contributed by atoms with E-state index in [9.17, 15) is 4.79 Å². The first-order valence-electron chi connectivity index (χ1n) is 6.49. The van der Waals surface area contributed by atoms with Gasteiger partial charge in [0.2, 0.25) is 0 Å². The Hall–Kier alpha value is -0.610. The van der Waals surface area contributed by atoms with Crippen LogP contribution in [0.3, 0.4) is 0 Å². The number of rotatable bonds is 6. The predicted molar refractivity (Wildman–Crippen MR) is 66.8 cm³/mol. The molecule has 1 N–H and O–H groups in total. The third-order valence-corrected chi connectivity index (χ3v) is 3.57. The van der Waals surface area contributed by atoms with Crippen LogP contribution in [0.15, 0.2) is 0 Å². The molecule has 4 nitrogen and oxygen atoms in total. The number of esters is 1. The highest BCUT2D eigenvalue weighted by Gasteiger charge is 2.31. The van der Waals surface area contributed by atoms with Gasteiger partial charge in [-0.15, -0.1) is 0 Å². The zero-order valence-electron chi connectivity index (χ0n) is 11.2. The maximum atomic E-state index is 11.8. The van der Waals surface area contributed by atoms with E-state index in [1.54, 1.807) is 7.11 Å². The molecular weight excluding hydrogens is 218 g/mol. The topological polar surface area (TPSA) is 47.6 Å². The highest BCUT2D eigenvalue weighted by atomic mass is 16.5. The fourth-order valence-electron chi connectivity index (χ4n) is 2.67. The first-order chi connectivity index (χ1) is 8.19. The second-order valence-corrected chi connectivity index (χ2v) is 4.98. The summed E-state index contributed by atoms with van der Waals surface area (Å²) in [4.78, 5) is 11.8. The van der Waals surface area contributed by atoms with Gasteiger partial charge < -0.3 is 14.8 Å². The van der Waals surface area contributed by atoms with E-state index in [1.807, 2.05) is 0 Å². The summed E-state index contributed by atoms with van der Waals surface area (Å²) in [5.41, 5.74) is 0. The number of carbonyl (C=O) groups excluding carboxylic acids is 1. The molecule has 3 unspecified atom stereocenters. The van der Waals surface area contributed by atoms with E-state index in [1.165, 1.54) is 20.0 Å². The van der Waals surface area contributed by atoms with Gasteiger partial charge in [-0.1, -0.05) is 19.8 Å². The highest BCUT2D eigenvalue weighted by molar-refractivity contribution is 5.76. The minimum absolute atomic E-state index is 0.139. The lowest BCUT2D eigenvalue weighted by Gasteiger charge is -2.32. The number of methoxy groups -OCH3 is 2. The van der Waals surface area contributed by atoms with Gasteiger partial charge in [-0.2, -0.15) is 0 Å². The minimum Gasteiger partial charge on any atom is -0.468 e. The SMILES string of the molecule is COCCNC(C(=O)OC)C1CCCC(C)C1. The van der Waals surface area contributed by atoms with Crippen molar-refractivity contribution in [1.29, 1.82) is 0 Å². The van der Waals surface area contributed by atoms with Crippen LogP contribution in [0.5, 0.6) is 0 Å². The van der Waals surface area contributed by atoms with Crippen LogP contribution in [0, 0.1) is 11.8 Å². The third-order valence-electron chi connectivity index (χ3n) is 3.57. The molecule has 0 aliphatic heterocycles. The van der Waals surface area contributed by atoms with E-state index in [2.05, 4.69) is 12.2 Å². The first-order valence-corrected chi connectivity index (χ1v) is 6.49. The summed E-state index contributed by atoms with van der Waals surface area (Å²) < 4.78 is 9.89. The lowest BCUT2D eigenvalue weighted by molar-refractivity contribution is -0.145. The van der Waals surface area contributed by atoms with Gasteiger partial charge in [0.15, 0.2) is 0 Å². The molecular formula is C13H25NO3. The van der Waals surface area contributed by atoms with Crippen molar-refractivity contribution in [2.75, 3.05) is 27.4 Å². The lowest BCUT2D eigenvalue weighted by atomic mass is 9.78. The van der Waals surface area contributed by atoms with Gasteiger partial charge in [-0.3, -0.25) is 4.79 Å². The summed E-state index contributed by atoms with van der Waals surface area (Å²) in [6.07, 6.45) is 4.72. The number of ether oxygens (including phenoxy) is 2. The summed E-state index contributed by atoms with van der Waals surface area (Å²) in [6, 6.07) is -0.169. The van der Waals surface area contributed by atoms with Crippen LogP contribution in [0.1, 0.15) is 32.6 Å². The van der Waals surface area contributed by atoms with Crippen molar-refractivity contribution in [1.82, 2.24) is 5.32 Å². The molecule has 3 atom stereocenters. The monoisotopic (exact) mass is 243 g/mol. The van der Waals surface area contributed by atoms with E-state index in [0.29, 0.717) is 25.0 Å². The lowest BCUT2D eigenvalue weighted by Crippen LogP contribution is -2.46. The van der Waals surface area contributed by atoms with Crippen molar-refractivity contribution in [3.05, 3.63) is 0 Å². The number of hydrogen-bond acceptors (Lipinski definition) is 4. The first kappa shape index (κ1) is 14.5. The average Bonchev–Trinajstić information content (AvgIpc) is 2.34. The second kappa shape index (κ2) is 7.67. The number of carbonyl (C=O) groups is 1. The van der Waals surface area contributed by atoms with Crippen LogP contribution in [0.4, 0.5) is 0 Å². The van der Waals surface area contributed by atoms with Gasteiger partial charge in [-0.25, -0.2) is 0 Å². The van der Waals surface area contributed by atoms with Crippen molar-refractivity contribution in [2.45, 2.75) is 38.6 Å². The average molecular weight is 243 g/mol. The maximum Gasteiger partial charge on any atom is 0.323 e. The van der Waals surface area contributed by atoms with Crippen molar-refractivity contribution < 1.29 is 14.3 Å². The molecule has 1 aliphatic carbocycles. The molecule has 0 aromatic rings. The van der Waals surface area contributed by atoms with E-state index >= 15 is 0 Å². The number of hydrogen-bond donors (Lipinski definition) is 1. The molecule has 1 rings (SSSR count). The van der Waals surface area contributed by atoms with Crippen molar-refractivity contribution >= 4 is 5.97 Å². The molecule has 0 saturated heterocycles. The van der Waals surface area contributed by atoms with Crippen LogP contribution in [0.2, 0.25) is 0 Å². The second-order valence-electron chi connectivity index (χ2n) is 4.98. The van der Waals surface area contributed by atoms with Gasteiger partial charge >= 0.3 is 5.97 Å². The molecule has 0 radical (unpaired) electrons. The van der Waals surface area contributed by atoms with Gasteiger partial charge in [0.25, 0.3) is 0 Å². The molecule has 1 fully saturated rings. The smallest absolute Gasteiger partial charge is 0.323 e. The summed E-state index contributed by atoms with van der Waals surface area (Å²) in [7, 11) is 3.12. The molecule has 1 aliphatic rings. The Morgan fingerprint density at radius 1 is 1.41 bits per heavy atom. The maximum absolute atomic E-state index is 11.8. The molecule has 4 heteroatoms. The van der Waals surface area contributed by atoms with Crippen molar-refractivity contribution in [3.63, 3.8) is 0 Å². The summed E-state index contributed by atoms with van der Waals surface area (Å²) in [5.74, 6) is 0.980. The highest BCUT2D eigenvalue weighted by Crippen LogP contribution is 2.31. The zero-order chi connectivity index (χ0) is 12.7. The standard InChI is InChI=1S/C13H25NO3/c1-10-5-4-6-11(9-10)12(13(15)17-3)14-7-8-16-2/h10-12,14H,4-9H2,1-3H3. The van der Waals surface area contributed by atoms with E-state index in [-0.39, 0.29) is 12.0 Å². The Labute approximate surface area is 104 Å². The Morgan fingerprint density at radius 2 is 2.18 bits per heavy atom. The summed E-state index contributed by atoms with van der Waals surface area (Å²) in [6.45, 7) is 3.58. The van der Waals surface area contributed by atoms with Gasteiger partial charge in [0.1, 0.15) is 6.04 Å². The van der Waals surface area contributed by atoms with Crippen LogP contribution >= 0.6 is 0 Å². The third kappa shape index (κ3) is 4.64. The molecule has 17 heavy (non-hydrogen) atoms. The number of nitrogens with one attached hydrogen (secondary N) is 1. The molecule has 0 aromatic carbocycles. The molecule has 1 saturated carbocycles. The molecule has 0 aromatic heterocycles. The fraction of sp³-hybridized carbons (Fsp3) is 0.923. The van der Waals surface area contributed by atoms with Gasteiger partial charge in [0, 0.05) is 13.7 Å². The Morgan fingerprint density at radius 3 is 2.76 bits per heavy atom. The quantitative estimate of drug-likeness (QED) is 0.568. The molecule has 100 valence electrons. The Balaban J connectivity index is 2.51. The largest absolute Gasteiger partial charge is 0.468 e. The Kier molecular flexibility index (Phi) is 6.52. The van der Waals surface area contributed by atoms with Crippen LogP contribution in [0.25, 0.3) is 0 Å². The summed E-state index contributed by atoms with van der Waals surface area (Å²) in [5, 5.41) is 3.26. The van der Waals surface area contributed by atoms with E-state index in [0.717, 1.165) is 12.8 Å². The minimum atomic E-state index is -0.169. The molecule has 0 amide bonds. The fourth-order valence-corrected chi connectivity index (χ4v) is 2.67. The van der Waals surface area contributed by atoms with E-state index in [4.69, 9.17) is 9.47 Å². The molecule has 0 bridgehead atoms. The van der Waals surface area contributed by atoms with Crippen molar-refractivity contribution in [3.8, 4) is 0 Å². The van der Waals surface area contributed by atoms with Crippen molar-refractivity contribution in [2.24, 2.45) is 11.8 Å². The van der Waals surface area contributed by atoms with Gasteiger partial charge in [0.05, 0.1) is 13.7 Å². The summed E-state index contributed by atoms with van der Waals surface area (Å²) >= 11 is 0. The molecule has 0 heterocycles.